The molecule has 100 valence electrons. The average Bonchev–Trinajstić information content (AvgIpc) is 2.32. The highest BCUT2D eigenvalue weighted by atomic mass is 32.2. The fraction of sp³-hybridized carbons (Fsp3) is 0.545. The third-order valence-corrected chi connectivity index (χ3v) is 4.21. The fourth-order valence-electron chi connectivity index (χ4n) is 2.08. The molecule has 0 aromatic carbocycles. The summed E-state index contributed by atoms with van der Waals surface area (Å²) in [7, 11) is -3.80. The van der Waals surface area contributed by atoms with E-state index in [4.69, 9.17) is 5.14 Å². The maximum Gasteiger partial charge on any atom is 0.241 e. The van der Waals surface area contributed by atoms with Crippen LogP contribution in [-0.2, 0) is 10.0 Å². The van der Waals surface area contributed by atoms with Crippen molar-refractivity contribution in [1.29, 1.82) is 0 Å². The quantitative estimate of drug-likeness (QED) is 0.785. The number of hydrogen-bond donors (Lipinski definition) is 2. The van der Waals surface area contributed by atoms with Gasteiger partial charge in [-0.1, -0.05) is 6.92 Å². The van der Waals surface area contributed by atoms with Gasteiger partial charge in [-0.15, -0.1) is 0 Å². The van der Waals surface area contributed by atoms with Crippen LogP contribution >= 0.6 is 0 Å². The van der Waals surface area contributed by atoms with E-state index in [-0.39, 0.29) is 10.8 Å². The maximum absolute atomic E-state index is 11.5. The van der Waals surface area contributed by atoms with E-state index >= 15 is 0 Å². The van der Waals surface area contributed by atoms with E-state index in [1.165, 1.54) is 18.3 Å². The molecule has 1 aliphatic heterocycles. The van der Waals surface area contributed by atoms with Crippen LogP contribution in [0.4, 0.5) is 5.82 Å². The zero-order valence-electron chi connectivity index (χ0n) is 10.2. The summed E-state index contributed by atoms with van der Waals surface area (Å²) in [5.41, 5.74) is 0. The Bertz CT molecular complexity index is 532. The van der Waals surface area contributed by atoms with Crippen molar-refractivity contribution in [3.8, 4) is 0 Å². The van der Waals surface area contributed by atoms with Crippen LogP contribution in [-0.4, -0.2) is 37.7 Å². The molecule has 1 aromatic rings. The van der Waals surface area contributed by atoms with Gasteiger partial charge in [0, 0.05) is 19.3 Å². The third kappa shape index (κ3) is 2.63. The Morgan fingerprint density at radius 1 is 1.56 bits per heavy atom. The number of hydrogen-bond acceptors (Lipinski definition) is 5. The molecule has 0 radical (unpaired) electrons. The number of rotatable bonds is 2. The highest BCUT2D eigenvalue weighted by Gasteiger charge is 2.28. The molecule has 0 aliphatic carbocycles. The summed E-state index contributed by atoms with van der Waals surface area (Å²) in [4.78, 5) is 5.86. The van der Waals surface area contributed by atoms with Crippen molar-refractivity contribution in [1.82, 2.24) is 4.98 Å². The fourth-order valence-corrected chi connectivity index (χ4v) is 2.79. The van der Waals surface area contributed by atoms with Crippen LogP contribution in [0.5, 0.6) is 0 Å². The van der Waals surface area contributed by atoms with Crippen LogP contribution in [0.3, 0.4) is 0 Å². The predicted molar refractivity (Wildman–Crippen MR) is 67.6 cm³/mol. The van der Waals surface area contributed by atoms with E-state index in [0.717, 1.165) is 6.42 Å². The van der Waals surface area contributed by atoms with E-state index in [9.17, 15) is 13.5 Å². The summed E-state index contributed by atoms with van der Waals surface area (Å²) in [6, 6.07) is 2.97. The molecule has 0 saturated carbocycles. The lowest BCUT2D eigenvalue weighted by Crippen LogP contribution is -2.43. The average molecular weight is 271 g/mol. The molecule has 0 amide bonds. The molecule has 7 heteroatoms. The van der Waals surface area contributed by atoms with Gasteiger partial charge in [0.15, 0.2) is 0 Å². The minimum atomic E-state index is -3.80. The number of sulfonamides is 1. The lowest BCUT2D eigenvalue weighted by atomic mass is 9.96. The molecule has 1 saturated heterocycles. The van der Waals surface area contributed by atoms with Gasteiger partial charge in [-0.2, -0.15) is 0 Å². The van der Waals surface area contributed by atoms with Gasteiger partial charge in [-0.25, -0.2) is 18.5 Å². The third-order valence-electron chi connectivity index (χ3n) is 3.28. The highest BCUT2D eigenvalue weighted by Crippen LogP contribution is 2.26. The van der Waals surface area contributed by atoms with Crippen LogP contribution < -0.4 is 10.0 Å². The summed E-state index contributed by atoms with van der Waals surface area (Å²) in [6.45, 7) is 3.01. The van der Waals surface area contributed by atoms with Crippen molar-refractivity contribution in [3.63, 3.8) is 0 Å². The number of nitrogens with zero attached hydrogens (tertiary/aromatic N) is 2. The van der Waals surface area contributed by atoms with Gasteiger partial charge in [-0.3, -0.25) is 0 Å². The van der Waals surface area contributed by atoms with E-state index in [2.05, 4.69) is 4.98 Å². The normalized spacial score (nSPS) is 25.2. The minimum absolute atomic E-state index is 0.00625. The van der Waals surface area contributed by atoms with Crippen molar-refractivity contribution < 1.29 is 13.5 Å². The van der Waals surface area contributed by atoms with Crippen molar-refractivity contribution in [2.24, 2.45) is 11.1 Å². The summed E-state index contributed by atoms with van der Waals surface area (Å²) in [6.07, 6.45) is 1.84. The molecule has 3 N–H and O–H groups in total. The number of aliphatic hydroxyl groups is 1. The molecule has 18 heavy (non-hydrogen) atoms. The SMILES string of the molecule is CC1CCN(c2ncccc2S(N)(=O)=O)CC1O. The predicted octanol–water partition coefficient (Wildman–Crippen LogP) is -0.0639. The first-order valence-corrected chi connectivity index (χ1v) is 7.35. The molecule has 1 aromatic heterocycles. The smallest absolute Gasteiger partial charge is 0.241 e. The molecule has 1 fully saturated rings. The van der Waals surface area contributed by atoms with Crippen molar-refractivity contribution in [2.45, 2.75) is 24.3 Å². The van der Waals surface area contributed by atoms with Gasteiger partial charge >= 0.3 is 0 Å². The molecule has 2 heterocycles. The summed E-state index contributed by atoms with van der Waals surface area (Å²) in [5, 5.41) is 15.0. The molecular formula is C11H17N3O3S. The first-order chi connectivity index (χ1) is 8.39. The molecule has 0 bridgehead atoms. The molecular weight excluding hydrogens is 254 g/mol. The van der Waals surface area contributed by atoms with Crippen molar-refractivity contribution >= 4 is 15.8 Å². The van der Waals surface area contributed by atoms with E-state index in [1.807, 2.05) is 6.92 Å². The van der Waals surface area contributed by atoms with Crippen LogP contribution in [0.1, 0.15) is 13.3 Å². The van der Waals surface area contributed by atoms with E-state index in [0.29, 0.717) is 18.9 Å². The number of aliphatic hydroxyl groups excluding tert-OH is 1. The number of anilines is 1. The van der Waals surface area contributed by atoms with Crippen molar-refractivity contribution in [3.05, 3.63) is 18.3 Å². The van der Waals surface area contributed by atoms with Gasteiger partial charge in [0.2, 0.25) is 10.0 Å². The standard InChI is InChI=1S/C11H17N3O3S/c1-8-4-6-14(7-9(8)15)11-10(18(12,16)17)3-2-5-13-11/h2-3,5,8-9,15H,4,6-7H2,1H3,(H2,12,16,17). The lowest BCUT2D eigenvalue weighted by molar-refractivity contribution is 0.102. The van der Waals surface area contributed by atoms with Crippen LogP contribution in [0.15, 0.2) is 23.2 Å². The van der Waals surface area contributed by atoms with Crippen molar-refractivity contribution in [2.75, 3.05) is 18.0 Å². The Hall–Kier alpha value is -1.18. The summed E-state index contributed by atoms with van der Waals surface area (Å²) >= 11 is 0. The lowest BCUT2D eigenvalue weighted by Gasteiger charge is -2.35. The van der Waals surface area contributed by atoms with E-state index in [1.54, 1.807) is 4.90 Å². The zero-order chi connectivity index (χ0) is 13.3. The molecule has 2 unspecified atom stereocenters. The first kappa shape index (κ1) is 13.3. The maximum atomic E-state index is 11.5. The molecule has 1 aliphatic rings. The molecule has 6 nitrogen and oxygen atoms in total. The summed E-state index contributed by atoms with van der Waals surface area (Å²) < 4.78 is 23.0. The second-order valence-corrected chi connectivity index (χ2v) is 6.18. The highest BCUT2D eigenvalue weighted by molar-refractivity contribution is 7.89. The minimum Gasteiger partial charge on any atom is -0.391 e. The Labute approximate surface area is 106 Å². The zero-order valence-corrected chi connectivity index (χ0v) is 11.0. The first-order valence-electron chi connectivity index (χ1n) is 5.80. The second kappa shape index (κ2) is 4.83. The Morgan fingerprint density at radius 3 is 2.89 bits per heavy atom. The number of β-amino-alcohol motifs (C(OH)–C–C–N with tert-alkyl or cyclic N) is 1. The van der Waals surface area contributed by atoms with Gasteiger partial charge in [0.1, 0.15) is 10.7 Å². The number of pyridine rings is 1. The van der Waals surface area contributed by atoms with Crippen LogP contribution in [0.25, 0.3) is 0 Å². The van der Waals surface area contributed by atoms with E-state index < -0.39 is 16.1 Å². The Kier molecular flexibility index (Phi) is 3.56. The number of primary sulfonamides is 1. The topological polar surface area (TPSA) is 96.5 Å². The number of aromatic nitrogens is 1. The van der Waals surface area contributed by atoms with Gasteiger partial charge in [-0.05, 0) is 24.5 Å². The van der Waals surface area contributed by atoms with Gasteiger partial charge in [0.05, 0.1) is 6.10 Å². The molecule has 2 rings (SSSR count). The number of piperidine rings is 1. The Morgan fingerprint density at radius 2 is 2.28 bits per heavy atom. The van der Waals surface area contributed by atoms with Crippen LogP contribution in [0, 0.1) is 5.92 Å². The van der Waals surface area contributed by atoms with Gasteiger partial charge < -0.3 is 10.0 Å². The van der Waals surface area contributed by atoms with Crippen LogP contribution in [0.2, 0.25) is 0 Å². The Balaban J connectivity index is 2.35. The summed E-state index contributed by atoms with van der Waals surface area (Å²) in [5.74, 6) is 0.536. The number of nitrogens with two attached hydrogens (primary N) is 1. The van der Waals surface area contributed by atoms with Gasteiger partial charge in [0.25, 0.3) is 0 Å². The molecule has 0 spiro atoms. The molecule has 2 atom stereocenters. The largest absolute Gasteiger partial charge is 0.391 e. The second-order valence-electron chi connectivity index (χ2n) is 4.65. The monoisotopic (exact) mass is 271 g/mol.